The van der Waals surface area contributed by atoms with E-state index in [1.54, 1.807) is 0 Å². The molecule has 0 aromatic carbocycles. The molecule has 0 unspecified atom stereocenters. The first kappa shape index (κ1) is 12.0. The molecule has 0 radical (unpaired) electrons. The van der Waals surface area contributed by atoms with Gasteiger partial charge in [0.25, 0.3) is 0 Å². The highest BCUT2D eigenvalue weighted by Crippen LogP contribution is 2.07. The largest absolute Gasteiger partial charge is 0.333 e. The van der Waals surface area contributed by atoms with Crippen LogP contribution in [-0.4, -0.2) is 17.3 Å². The third kappa shape index (κ3) is 4.31. The Morgan fingerprint density at radius 3 is 2.87 bits per heavy atom. The minimum Gasteiger partial charge on any atom is -0.333 e. The maximum Gasteiger partial charge on any atom is 0.321 e. The van der Waals surface area contributed by atoms with E-state index in [-0.39, 0.29) is 0 Å². The summed E-state index contributed by atoms with van der Waals surface area (Å²) in [5.74, 6) is -0.500. The van der Waals surface area contributed by atoms with Crippen LogP contribution >= 0.6 is 22.9 Å². The summed E-state index contributed by atoms with van der Waals surface area (Å²) in [4.78, 5) is 23.2. The van der Waals surface area contributed by atoms with Crippen molar-refractivity contribution in [2.24, 2.45) is 0 Å². The van der Waals surface area contributed by atoms with Crippen molar-refractivity contribution in [1.82, 2.24) is 10.6 Å². The van der Waals surface area contributed by atoms with Crippen molar-refractivity contribution in [3.05, 3.63) is 22.4 Å². The molecule has 0 aliphatic carbocycles. The first-order valence-corrected chi connectivity index (χ1v) is 5.66. The van der Waals surface area contributed by atoms with Crippen LogP contribution in [0.15, 0.2) is 17.5 Å². The van der Waals surface area contributed by atoms with Gasteiger partial charge in [-0.3, -0.25) is 10.1 Å². The number of imide groups is 1. The van der Waals surface area contributed by atoms with Gasteiger partial charge in [-0.25, -0.2) is 4.79 Å². The normalized spacial score (nSPS) is 11.9. The number of nitrogens with one attached hydrogen (secondary N) is 2. The summed E-state index contributed by atoms with van der Waals surface area (Å²) in [6, 6.07) is 3.27. The van der Waals surface area contributed by atoms with Crippen molar-refractivity contribution in [3.8, 4) is 0 Å². The Labute approximate surface area is 96.6 Å². The second-order valence-corrected chi connectivity index (χ2v) is 4.55. The minimum absolute atomic E-state index is 0.410. The van der Waals surface area contributed by atoms with E-state index in [4.69, 9.17) is 11.6 Å². The zero-order chi connectivity index (χ0) is 11.3. The molecule has 2 N–H and O–H groups in total. The summed E-state index contributed by atoms with van der Waals surface area (Å²) < 4.78 is 0. The van der Waals surface area contributed by atoms with Gasteiger partial charge in [-0.15, -0.1) is 22.9 Å². The molecule has 0 aliphatic heterocycles. The van der Waals surface area contributed by atoms with Crippen LogP contribution in [0.25, 0.3) is 0 Å². The lowest BCUT2D eigenvalue weighted by molar-refractivity contribution is -0.119. The highest BCUT2D eigenvalue weighted by molar-refractivity contribution is 7.09. The van der Waals surface area contributed by atoms with Gasteiger partial charge in [0, 0.05) is 4.88 Å². The lowest BCUT2D eigenvalue weighted by Crippen LogP contribution is -2.41. The highest BCUT2D eigenvalue weighted by atomic mass is 35.5. The Morgan fingerprint density at radius 1 is 1.60 bits per heavy atom. The number of hydrogen-bond donors (Lipinski definition) is 2. The van der Waals surface area contributed by atoms with Gasteiger partial charge in [0.1, 0.15) is 5.38 Å². The van der Waals surface area contributed by atoms with E-state index in [9.17, 15) is 9.59 Å². The maximum absolute atomic E-state index is 11.2. The molecule has 4 nitrogen and oxygen atoms in total. The number of alkyl halides is 1. The third-order valence-corrected chi connectivity index (χ3v) is 2.68. The first-order chi connectivity index (χ1) is 7.09. The van der Waals surface area contributed by atoms with Gasteiger partial charge in [-0.1, -0.05) is 6.07 Å². The molecule has 6 heteroatoms. The number of thiophene rings is 1. The van der Waals surface area contributed by atoms with Crippen LogP contribution in [0.3, 0.4) is 0 Å². The van der Waals surface area contributed by atoms with Gasteiger partial charge in [0.15, 0.2) is 0 Å². The summed E-state index contributed by atoms with van der Waals surface area (Å²) in [6.45, 7) is 1.91. The zero-order valence-corrected chi connectivity index (χ0v) is 9.69. The van der Waals surface area contributed by atoms with E-state index in [2.05, 4.69) is 10.6 Å². The van der Waals surface area contributed by atoms with Crippen LogP contribution in [-0.2, 0) is 11.3 Å². The number of rotatable bonds is 3. The molecule has 3 amide bonds. The molecule has 0 spiro atoms. The van der Waals surface area contributed by atoms with Crippen LogP contribution < -0.4 is 10.6 Å². The second-order valence-electron chi connectivity index (χ2n) is 2.87. The molecular weight excluding hydrogens is 236 g/mol. The molecule has 15 heavy (non-hydrogen) atoms. The Kier molecular flexibility index (Phi) is 4.58. The number of urea groups is 1. The SMILES string of the molecule is C[C@@H](Cl)C(=O)NC(=O)NCc1cccs1. The number of hydrogen-bond acceptors (Lipinski definition) is 3. The summed E-state index contributed by atoms with van der Waals surface area (Å²) in [6.07, 6.45) is 0. The van der Waals surface area contributed by atoms with Crippen molar-refractivity contribution in [3.63, 3.8) is 0 Å². The predicted octanol–water partition coefficient (Wildman–Crippen LogP) is 1.70. The topological polar surface area (TPSA) is 58.2 Å². The van der Waals surface area contributed by atoms with Gasteiger partial charge in [-0.05, 0) is 18.4 Å². The van der Waals surface area contributed by atoms with Crippen LogP contribution in [0.4, 0.5) is 4.79 Å². The molecule has 82 valence electrons. The fourth-order valence-corrected chi connectivity index (χ4v) is 1.54. The fourth-order valence-electron chi connectivity index (χ4n) is 0.836. The van der Waals surface area contributed by atoms with Gasteiger partial charge in [0.05, 0.1) is 6.54 Å². The third-order valence-electron chi connectivity index (χ3n) is 1.60. The van der Waals surface area contributed by atoms with Gasteiger partial charge in [0.2, 0.25) is 5.91 Å². The van der Waals surface area contributed by atoms with E-state index >= 15 is 0 Å². The van der Waals surface area contributed by atoms with E-state index in [1.807, 2.05) is 17.5 Å². The molecule has 0 fully saturated rings. The van der Waals surface area contributed by atoms with Crippen LogP contribution in [0.5, 0.6) is 0 Å². The molecule has 1 atom stereocenters. The molecule has 1 aromatic heterocycles. The van der Waals surface area contributed by atoms with Crippen LogP contribution in [0.2, 0.25) is 0 Å². The Bertz CT molecular complexity index is 338. The first-order valence-electron chi connectivity index (χ1n) is 4.34. The Morgan fingerprint density at radius 2 is 2.33 bits per heavy atom. The number of amides is 3. The highest BCUT2D eigenvalue weighted by Gasteiger charge is 2.12. The van der Waals surface area contributed by atoms with Gasteiger partial charge >= 0.3 is 6.03 Å². The fraction of sp³-hybridized carbons (Fsp3) is 0.333. The summed E-state index contributed by atoms with van der Waals surface area (Å²) >= 11 is 7.02. The van der Waals surface area contributed by atoms with E-state index in [0.717, 1.165) is 4.88 Å². The molecule has 1 heterocycles. The average molecular weight is 247 g/mol. The standard InChI is InChI=1S/C9H11ClN2O2S/c1-6(10)8(13)12-9(14)11-5-7-3-2-4-15-7/h2-4,6H,5H2,1H3,(H2,11,12,13,14)/t6-/m1/s1. The number of carbonyl (C=O) groups excluding carboxylic acids is 2. The van der Waals surface area contributed by atoms with E-state index < -0.39 is 17.3 Å². The Hall–Kier alpha value is -1.07. The molecule has 1 aromatic rings. The summed E-state index contributed by atoms with van der Waals surface area (Å²) in [7, 11) is 0. The molecular formula is C9H11ClN2O2S. The van der Waals surface area contributed by atoms with Crippen LogP contribution in [0, 0.1) is 0 Å². The van der Waals surface area contributed by atoms with Crippen LogP contribution in [0.1, 0.15) is 11.8 Å². The molecule has 0 saturated heterocycles. The van der Waals surface area contributed by atoms with Crippen molar-refractivity contribution in [1.29, 1.82) is 0 Å². The van der Waals surface area contributed by atoms with Crippen molar-refractivity contribution in [2.75, 3.05) is 0 Å². The number of carbonyl (C=O) groups is 2. The van der Waals surface area contributed by atoms with E-state index in [1.165, 1.54) is 18.3 Å². The summed E-state index contributed by atoms with van der Waals surface area (Å²) in [5.41, 5.74) is 0. The molecule has 0 bridgehead atoms. The quantitative estimate of drug-likeness (QED) is 0.798. The smallest absolute Gasteiger partial charge is 0.321 e. The lowest BCUT2D eigenvalue weighted by Gasteiger charge is -2.06. The summed E-state index contributed by atoms with van der Waals surface area (Å²) in [5, 5.41) is 5.88. The van der Waals surface area contributed by atoms with Crippen molar-refractivity contribution < 1.29 is 9.59 Å². The Balaban J connectivity index is 2.28. The van der Waals surface area contributed by atoms with Crippen molar-refractivity contribution in [2.45, 2.75) is 18.8 Å². The maximum atomic E-state index is 11.2. The van der Waals surface area contributed by atoms with Gasteiger partial charge < -0.3 is 5.32 Å². The lowest BCUT2D eigenvalue weighted by atomic mass is 10.4. The molecule has 0 saturated carbocycles. The number of halogens is 1. The predicted molar refractivity (Wildman–Crippen MR) is 60.0 cm³/mol. The zero-order valence-electron chi connectivity index (χ0n) is 8.12. The monoisotopic (exact) mass is 246 g/mol. The molecule has 0 aliphatic rings. The molecule has 1 rings (SSSR count). The second kappa shape index (κ2) is 5.72. The van der Waals surface area contributed by atoms with Crippen molar-refractivity contribution >= 4 is 34.9 Å². The van der Waals surface area contributed by atoms with E-state index in [0.29, 0.717) is 6.54 Å². The minimum atomic E-state index is -0.711. The average Bonchev–Trinajstić information content (AvgIpc) is 2.66. The van der Waals surface area contributed by atoms with Gasteiger partial charge in [-0.2, -0.15) is 0 Å².